The van der Waals surface area contributed by atoms with Gasteiger partial charge in [0.25, 0.3) is 0 Å². The van der Waals surface area contributed by atoms with Crippen LogP contribution < -0.4 is 5.32 Å². The highest BCUT2D eigenvalue weighted by Gasteiger charge is 2.08. The van der Waals surface area contributed by atoms with Gasteiger partial charge in [-0.1, -0.05) is 0 Å². The zero-order chi connectivity index (χ0) is 10.5. The van der Waals surface area contributed by atoms with Crippen molar-refractivity contribution in [2.45, 2.75) is 12.8 Å². The second-order valence-electron chi connectivity index (χ2n) is 4.14. The molecule has 15 heavy (non-hydrogen) atoms. The molecule has 1 saturated heterocycles. The first-order valence-electron chi connectivity index (χ1n) is 5.76. The molecule has 0 aromatic carbocycles. The minimum atomic E-state index is 1.11. The van der Waals surface area contributed by atoms with Gasteiger partial charge in [0.2, 0.25) is 0 Å². The maximum Gasteiger partial charge on any atom is 0.0492 e. The van der Waals surface area contributed by atoms with Gasteiger partial charge in [0, 0.05) is 45.0 Å². The molecule has 1 aromatic heterocycles. The van der Waals surface area contributed by atoms with Crippen LogP contribution in [0.15, 0.2) is 12.3 Å². The third-order valence-electron chi connectivity index (χ3n) is 3.04. The number of nitrogens with one attached hydrogen (secondary N) is 1. The first kappa shape index (κ1) is 10.6. The van der Waals surface area contributed by atoms with Crippen LogP contribution in [0.2, 0.25) is 0 Å². The molecule has 4 heteroatoms. The fourth-order valence-corrected chi connectivity index (χ4v) is 2.04. The van der Waals surface area contributed by atoms with Crippen LogP contribution in [0.5, 0.6) is 0 Å². The molecule has 0 spiro atoms. The molecule has 0 saturated carbocycles. The fourth-order valence-electron chi connectivity index (χ4n) is 2.04. The van der Waals surface area contributed by atoms with Gasteiger partial charge in [-0.2, -0.15) is 5.10 Å². The lowest BCUT2D eigenvalue weighted by Crippen LogP contribution is -2.30. The highest BCUT2D eigenvalue weighted by atomic mass is 15.3. The monoisotopic (exact) mass is 208 g/mol. The lowest BCUT2D eigenvalue weighted by atomic mass is 10.3. The van der Waals surface area contributed by atoms with Gasteiger partial charge in [0.05, 0.1) is 0 Å². The molecule has 0 bridgehead atoms. The van der Waals surface area contributed by atoms with E-state index in [1.165, 1.54) is 31.7 Å². The average molecular weight is 208 g/mol. The Bertz CT molecular complexity index is 287. The molecule has 84 valence electrons. The first-order chi connectivity index (χ1) is 7.36. The summed E-state index contributed by atoms with van der Waals surface area (Å²) >= 11 is 0. The van der Waals surface area contributed by atoms with Gasteiger partial charge in [-0.25, -0.2) is 0 Å². The minimum absolute atomic E-state index is 1.11. The van der Waals surface area contributed by atoms with Crippen LogP contribution in [-0.4, -0.2) is 47.4 Å². The molecule has 2 heterocycles. The summed E-state index contributed by atoms with van der Waals surface area (Å²) < 4.78 is 1.97. The topological polar surface area (TPSA) is 33.1 Å². The summed E-state index contributed by atoms with van der Waals surface area (Å²) in [6, 6.07) is 2.11. The molecule has 1 aliphatic rings. The summed E-state index contributed by atoms with van der Waals surface area (Å²) in [5.41, 5.74) is 1.33. The van der Waals surface area contributed by atoms with E-state index in [0.29, 0.717) is 0 Å². The Kier molecular flexibility index (Phi) is 3.75. The molecule has 0 aliphatic carbocycles. The second kappa shape index (κ2) is 5.28. The van der Waals surface area contributed by atoms with Crippen molar-refractivity contribution in [2.75, 3.05) is 32.7 Å². The summed E-state index contributed by atoms with van der Waals surface area (Å²) in [5.74, 6) is 0. The van der Waals surface area contributed by atoms with Gasteiger partial charge in [0.15, 0.2) is 0 Å². The normalized spacial score (nSPS) is 19.0. The molecule has 1 aliphatic heterocycles. The predicted molar refractivity (Wildman–Crippen MR) is 60.8 cm³/mol. The van der Waals surface area contributed by atoms with Crippen molar-refractivity contribution >= 4 is 0 Å². The smallest absolute Gasteiger partial charge is 0.0492 e. The van der Waals surface area contributed by atoms with Crippen molar-refractivity contribution in [2.24, 2.45) is 7.05 Å². The quantitative estimate of drug-likeness (QED) is 0.773. The van der Waals surface area contributed by atoms with Crippen molar-refractivity contribution < 1.29 is 0 Å². The van der Waals surface area contributed by atoms with Crippen LogP contribution in [0.1, 0.15) is 12.1 Å². The van der Waals surface area contributed by atoms with Crippen LogP contribution in [0, 0.1) is 0 Å². The first-order valence-corrected chi connectivity index (χ1v) is 5.76. The summed E-state index contributed by atoms with van der Waals surface area (Å²) in [6.45, 7) is 5.86. The number of nitrogens with zero attached hydrogens (tertiary/aromatic N) is 3. The summed E-state index contributed by atoms with van der Waals surface area (Å²) in [5, 5.41) is 7.61. The van der Waals surface area contributed by atoms with Crippen molar-refractivity contribution in [3.8, 4) is 0 Å². The Balaban J connectivity index is 1.79. The predicted octanol–water partition coefficient (Wildman–Crippen LogP) is 0.258. The lowest BCUT2D eigenvalue weighted by molar-refractivity contribution is 0.294. The van der Waals surface area contributed by atoms with E-state index < -0.39 is 0 Å². The molecule has 0 atom stereocenters. The molecular formula is C11H20N4. The largest absolute Gasteiger partial charge is 0.315 e. The summed E-state index contributed by atoms with van der Waals surface area (Å²) in [7, 11) is 2.01. The number of rotatable bonds is 3. The van der Waals surface area contributed by atoms with Crippen molar-refractivity contribution in [3.05, 3.63) is 18.0 Å². The van der Waals surface area contributed by atoms with Crippen molar-refractivity contribution in [1.29, 1.82) is 0 Å². The Hall–Kier alpha value is -0.870. The van der Waals surface area contributed by atoms with E-state index in [4.69, 9.17) is 0 Å². The molecule has 1 aromatic rings. The van der Waals surface area contributed by atoms with Gasteiger partial charge < -0.3 is 10.2 Å². The minimum Gasteiger partial charge on any atom is -0.315 e. The summed E-state index contributed by atoms with van der Waals surface area (Å²) in [4.78, 5) is 2.53. The standard InChI is InChI=1S/C11H20N4/c1-14-11(3-6-13-14)4-9-15-8-2-5-12-7-10-15/h3,6,12H,2,4-5,7-10H2,1H3. The maximum atomic E-state index is 4.18. The maximum absolute atomic E-state index is 4.18. The molecule has 0 amide bonds. The van der Waals surface area contributed by atoms with Crippen LogP contribution in [0.4, 0.5) is 0 Å². The summed E-state index contributed by atoms with van der Waals surface area (Å²) in [6.07, 6.45) is 4.25. The number of aryl methyl sites for hydroxylation is 1. The number of hydrogen-bond acceptors (Lipinski definition) is 3. The molecule has 2 rings (SSSR count). The van der Waals surface area contributed by atoms with E-state index in [-0.39, 0.29) is 0 Å². The Morgan fingerprint density at radius 2 is 2.33 bits per heavy atom. The highest BCUT2D eigenvalue weighted by molar-refractivity contribution is 5.00. The fraction of sp³-hybridized carbons (Fsp3) is 0.727. The van der Waals surface area contributed by atoms with Crippen LogP contribution in [-0.2, 0) is 13.5 Å². The molecule has 1 N–H and O–H groups in total. The van der Waals surface area contributed by atoms with E-state index in [1.54, 1.807) is 0 Å². The average Bonchev–Trinajstić information content (AvgIpc) is 2.53. The third-order valence-corrected chi connectivity index (χ3v) is 3.04. The van der Waals surface area contributed by atoms with E-state index in [0.717, 1.165) is 19.5 Å². The van der Waals surface area contributed by atoms with Gasteiger partial charge in [-0.3, -0.25) is 4.68 Å². The van der Waals surface area contributed by atoms with Crippen molar-refractivity contribution in [1.82, 2.24) is 20.0 Å². The van der Waals surface area contributed by atoms with E-state index >= 15 is 0 Å². The van der Waals surface area contributed by atoms with Gasteiger partial charge in [-0.05, 0) is 25.6 Å². The van der Waals surface area contributed by atoms with E-state index in [2.05, 4.69) is 21.4 Å². The molecule has 1 fully saturated rings. The molecule has 0 radical (unpaired) electrons. The van der Waals surface area contributed by atoms with Crippen LogP contribution in [0.3, 0.4) is 0 Å². The van der Waals surface area contributed by atoms with Gasteiger partial charge in [-0.15, -0.1) is 0 Å². The molecule has 4 nitrogen and oxygen atoms in total. The third kappa shape index (κ3) is 3.04. The SMILES string of the molecule is Cn1nccc1CCN1CCCNCC1. The highest BCUT2D eigenvalue weighted by Crippen LogP contribution is 2.01. The zero-order valence-corrected chi connectivity index (χ0v) is 9.45. The Morgan fingerprint density at radius 1 is 1.40 bits per heavy atom. The Morgan fingerprint density at radius 3 is 3.13 bits per heavy atom. The van der Waals surface area contributed by atoms with Gasteiger partial charge >= 0.3 is 0 Å². The van der Waals surface area contributed by atoms with E-state index in [1.807, 2.05) is 17.9 Å². The van der Waals surface area contributed by atoms with Crippen LogP contribution in [0.25, 0.3) is 0 Å². The van der Waals surface area contributed by atoms with Crippen LogP contribution >= 0.6 is 0 Å². The Labute approximate surface area is 91.3 Å². The van der Waals surface area contributed by atoms with E-state index in [9.17, 15) is 0 Å². The van der Waals surface area contributed by atoms with Crippen molar-refractivity contribution in [3.63, 3.8) is 0 Å². The number of hydrogen-bond donors (Lipinski definition) is 1. The lowest BCUT2D eigenvalue weighted by Gasteiger charge is -2.18. The second-order valence-corrected chi connectivity index (χ2v) is 4.14. The molecule has 0 unspecified atom stereocenters. The molecular weight excluding hydrogens is 188 g/mol. The number of aromatic nitrogens is 2. The van der Waals surface area contributed by atoms with Gasteiger partial charge in [0.1, 0.15) is 0 Å². The zero-order valence-electron chi connectivity index (χ0n) is 9.45.